The molecule has 0 saturated carbocycles. The molecule has 0 unspecified atom stereocenters. The smallest absolute Gasteiger partial charge is 0.272 e. The van der Waals surface area contributed by atoms with Crippen LogP contribution in [0.2, 0.25) is 0 Å². The van der Waals surface area contributed by atoms with Gasteiger partial charge in [-0.05, 0) is 20.3 Å². The van der Waals surface area contributed by atoms with Gasteiger partial charge >= 0.3 is 0 Å². The number of rotatable bonds is 8. The highest BCUT2D eigenvalue weighted by Gasteiger charge is 2.33. The summed E-state index contributed by atoms with van der Waals surface area (Å²) in [5.41, 5.74) is -0.918. The Balaban J connectivity index is 3.09. The third kappa shape index (κ3) is 3.83. The van der Waals surface area contributed by atoms with Crippen LogP contribution in [0.3, 0.4) is 0 Å². The Morgan fingerprint density at radius 2 is 1.23 bits per heavy atom. The van der Waals surface area contributed by atoms with Gasteiger partial charge in [0.1, 0.15) is 0 Å². The van der Waals surface area contributed by atoms with E-state index in [0.717, 1.165) is 0 Å². The molecule has 0 aromatic heterocycles. The van der Waals surface area contributed by atoms with Crippen LogP contribution in [-0.2, 0) is 20.3 Å². The number of ether oxygens (including phenoxy) is 2. The van der Waals surface area contributed by atoms with Crippen LogP contribution in [0.4, 0.5) is 22.0 Å². The molecule has 1 aromatic carbocycles. The second-order valence-corrected chi connectivity index (χ2v) is 4.71. The van der Waals surface area contributed by atoms with Crippen molar-refractivity contribution in [1.82, 2.24) is 0 Å². The second kappa shape index (κ2) is 8.00. The van der Waals surface area contributed by atoms with Gasteiger partial charge in [-0.3, -0.25) is 0 Å². The van der Waals surface area contributed by atoms with Crippen molar-refractivity contribution < 1.29 is 35.9 Å². The molecule has 9 heteroatoms. The monoisotopic (exact) mass is 344 g/mol. The lowest BCUT2D eigenvalue weighted by Crippen LogP contribution is -2.39. The van der Waals surface area contributed by atoms with E-state index in [-0.39, 0.29) is 30.1 Å². The van der Waals surface area contributed by atoms with Gasteiger partial charge in [0.05, 0.1) is 0 Å². The summed E-state index contributed by atoms with van der Waals surface area (Å²) in [4.78, 5) is 0. The molecule has 0 atom stereocenters. The zero-order valence-electron chi connectivity index (χ0n) is 12.4. The highest BCUT2D eigenvalue weighted by molar-refractivity contribution is 5.98. The Bertz CT molecular complexity index is 492. The van der Waals surface area contributed by atoms with E-state index < -0.39 is 47.0 Å². The molecule has 0 bridgehead atoms. The van der Waals surface area contributed by atoms with Gasteiger partial charge in [-0.1, -0.05) is 0 Å². The SMILES string of the molecule is CCOC(CCc1c(F)c(F)c(F)c(F)c1F)(O[SiH3])OCC. The summed E-state index contributed by atoms with van der Waals surface area (Å²) >= 11 is 0. The molecule has 0 aliphatic rings. The van der Waals surface area contributed by atoms with Crippen molar-refractivity contribution in [3.63, 3.8) is 0 Å². The van der Waals surface area contributed by atoms with Crippen LogP contribution in [0, 0.1) is 29.1 Å². The Morgan fingerprint density at radius 3 is 1.59 bits per heavy atom. The molecule has 0 aliphatic carbocycles. The average Bonchev–Trinajstić information content (AvgIpc) is 2.51. The first-order valence-electron chi connectivity index (χ1n) is 6.66. The van der Waals surface area contributed by atoms with Gasteiger partial charge in [-0.15, -0.1) is 0 Å². The summed E-state index contributed by atoms with van der Waals surface area (Å²) in [6.45, 7) is 3.71. The van der Waals surface area contributed by atoms with Gasteiger partial charge in [-0.25, -0.2) is 22.0 Å². The van der Waals surface area contributed by atoms with Gasteiger partial charge in [-0.2, -0.15) is 0 Å². The second-order valence-electron chi connectivity index (χ2n) is 4.30. The first-order chi connectivity index (χ1) is 10.3. The zero-order chi connectivity index (χ0) is 16.9. The number of benzene rings is 1. The highest BCUT2D eigenvalue weighted by atomic mass is 28.2. The molecule has 0 radical (unpaired) electrons. The maximum absolute atomic E-state index is 13.6. The predicted molar refractivity (Wildman–Crippen MR) is 71.6 cm³/mol. The normalized spacial score (nSPS) is 12.1. The van der Waals surface area contributed by atoms with Crippen molar-refractivity contribution in [2.45, 2.75) is 32.7 Å². The first kappa shape index (κ1) is 19.0. The molecule has 0 amide bonds. The van der Waals surface area contributed by atoms with Crippen LogP contribution in [0.15, 0.2) is 0 Å². The van der Waals surface area contributed by atoms with Crippen LogP contribution in [0.1, 0.15) is 25.8 Å². The molecule has 0 N–H and O–H groups in total. The Hall–Kier alpha value is -1.03. The van der Waals surface area contributed by atoms with E-state index >= 15 is 0 Å². The summed E-state index contributed by atoms with van der Waals surface area (Å²) in [5, 5.41) is 0. The first-order valence-corrected chi connectivity index (χ1v) is 7.48. The van der Waals surface area contributed by atoms with E-state index in [1.165, 1.54) is 0 Å². The molecule has 126 valence electrons. The minimum atomic E-state index is -2.18. The van der Waals surface area contributed by atoms with Crippen LogP contribution >= 0.6 is 0 Å². The van der Waals surface area contributed by atoms with E-state index in [1.54, 1.807) is 13.8 Å². The molecule has 1 aromatic rings. The standard InChI is InChI=1S/C13H17F5O3Si/c1-3-19-13(21-22,20-4-2)6-5-7-8(14)10(16)12(18)11(17)9(7)15/h3-6H2,1-2,22H3. The van der Waals surface area contributed by atoms with Crippen molar-refractivity contribution in [2.24, 2.45) is 0 Å². The molecule has 0 heterocycles. The van der Waals surface area contributed by atoms with E-state index in [0.29, 0.717) is 0 Å². The third-order valence-electron chi connectivity index (χ3n) is 3.02. The van der Waals surface area contributed by atoms with E-state index in [9.17, 15) is 22.0 Å². The largest absolute Gasteiger partial charge is 0.380 e. The van der Waals surface area contributed by atoms with Crippen molar-refractivity contribution >= 4 is 10.5 Å². The molecular formula is C13H17F5O3Si. The summed E-state index contributed by atoms with van der Waals surface area (Å²) in [7, 11) is 0.197. The van der Waals surface area contributed by atoms with Gasteiger partial charge in [0.25, 0.3) is 5.97 Å². The van der Waals surface area contributed by atoms with E-state index in [4.69, 9.17) is 13.9 Å². The van der Waals surface area contributed by atoms with Gasteiger partial charge in [0, 0.05) is 25.2 Å². The molecule has 0 aliphatic heterocycles. The van der Waals surface area contributed by atoms with Gasteiger partial charge in [0.2, 0.25) is 5.82 Å². The number of hydrogen-bond acceptors (Lipinski definition) is 3. The molecular weight excluding hydrogens is 327 g/mol. The number of hydrogen-bond donors (Lipinski definition) is 0. The Labute approximate surface area is 127 Å². The van der Waals surface area contributed by atoms with Crippen LogP contribution in [-0.4, -0.2) is 29.7 Å². The Kier molecular flexibility index (Phi) is 6.91. The molecule has 0 saturated heterocycles. The fourth-order valence-corrected chi connectivity index (χ4v) is 2.43. The maximum Gasteiger partial charge on any atom is 0.272 e. The lowest BCUT2D eigenvalue weighted by atomic mass is 10.1. The molecule has 22 heavy (non-hydrogen) atoms. The lowest BCUT2D eigenvalue weighted by Gasteiger charge is -2.32. The minimum absolute atomic E-state index is 0.194. The van der Waals surface area contributed by atoms with Crippen LogP contribution < -0.4 is 0 Å². The van der Waals surface area contributed by atoms with Crippen molar-refractivity contribution in [2.75, 3.05) is 13.2 Å². The molecule has 0 fully saturated rings. The fraction of sp³-hybridized carbons (Fsp3) is 0.538. The zero-order valence-corrected chi connectivity index (χ0v) is 14.4. The van der Waals surface area contributed by atoms with Gasteiger partial charge < -0.3 is 13.9 Å². The minimum Gasteiger partial charge on any atom is -0.380 e. The fourth-order valence-electron chi connectivity index (χ4n) is 1.99. The average molecular weight is 344 g/mol. The molecule has 1 rings (SSSR count). The van der Waals surface area contributed by atoms with Crippen molar-refractivity contribution in [3.05, 3.63) is 34.6 Å². The highest BCUT2D eigenvalue weighted by Crippen LogP contribution is 2.27. The number of halogens is 5. The quantitative estimate of drug-likeness (QED) is 0.238. The van der Waals surface area contributed by atoms with Crippen LogP contribution in [0.25, 0.3) is 0 Å². The maximum atomic E-state index is 13.6. The van der Waals surface area contributed by atoms with Crippen molar-refractivity contribution in [1.29, 1.82) is 0 Å². The Morgan fingerprint density at radius 1 is 0.818 bits per heavy atom. The van der Waals surface area contributed by atoms with E-state index in [2.05, 4.69) is 0 Å². The topological polar surface area (TPSA) is 27.7 Å². The van der Waals surface area contributed by atoms with Crippen molar-refractivity contribution in [3.8, 4) is 0 Å². The predicted octanol–water partition coefficient (Wildman–Crippen LogP) is 2.34. The summed E-state index contributed by atoms with van der Waals surface area (Å²) in [6, 6.07) is 0. The molecule has 0 spiro atoms. The van der Waals surface area contributed by atoms with Gasteiger partial charge in [0.15, 0.2) is 33.8 Å². The van der Waals surface area contributed by atoms with E-state index in [1.807, 2.05) is 0 Å². The van der Waals surface area contributed by atoms with Crippen LogP contribution in [0.5, 0.6) is 0 Å². The lowest BCUT2D eigenvalue weighted by molar-refractivity contribution is -0.343. The summed E-state index contributed by atoms with van der Waals surface area (Å²) in [6.07, 6.45) is -0.704. The summed E-state index contributed by atoms with van der Waals surface area (Å²) in [5.74, 6) is -11.4. The third-order valence-corrected chi connectivity index (χ3v) is 3.64. The molecule has 3 nitrogen and oxygen atoms in total. The summed E-state index contributed by atoms with van der Waals surface area (Å²) < 4.78 is 82.3.